The van der Waals surface area contributed by atoms with E-state index in [1.807, 2.05) is 4.90 Å². The second-order valence-electron chi connectivity index (χ2n) is 4.27. The summed E-state index contributed by atoms with van der Waals surface area (Å²) in [5.41, 5.74) is 1.26. The van der Waals surface area contributed by atoms with Crippen LogP contribution in [0.3, 0.4) is 0 Å². The van der Waals surface area contributed by atoms with E-state index in [9.17, 15) is 9.50 Å². The predicted octanol–water partition coefficient (Wildman–Crippen LogP) is 2.25. The highest BCUT2D eigenvalue weighted by molar-refractivity contribution is 5.55. The second-order valence-corrected chi connectivity index (χ2v) is 4.27. The van der Waals surface area contributed by atoms with E-state index >= 15 is 0 Å². The molecule has 0 amide bonds. The standard InChI is InChI=1S/C14H19FN2O2/c1-11(18)13-10-12(15)4-5-14(13)17(7-3-6-16)8-9-19-2/h4-5,10-11,18H,3,7-9H2,1-2H3/t11-/m0/s1. The number of aliphatic hydroxyl groups is 1. The highest BCUT2D eigenvalue weighted by Crippen LogP contribution is 2.27. The third-order valence-electron chi connectivity index (χ3n) is 2.84. The monoisotopic (exact) mass is 266 g/mol. The van der Waals surface area contributed by atoms with Gasteiger partial charge in [0.25, 0.3) is 0 Å². The van der Waals surface area contributed by atoms with Gasteiger partial charge in [-0.15, -0.1) is 0 Å². The van der Waals surface area contributed by atoms with Crippen LogP contribution in [-0.2, 0) is 4.74 Å². The molecule has 0 saturated carbocycles. The molecule has 0 aliphatic rings. The number of hydrogen-bond acceptors (Lipinski definition) is 4. The minimum atomic E-state index is -0.766. The van der Waals surface area contributed by atoms with Crippen molar-refractivity contribution in [3.63, 3.8) is 0 Å². The molecule has 0 bridgehead atoms. The van der Waals surface area contributed by atoms with Crippen LogP contribution in [0, 0.1) is 17.1 Å². The zero-order valence-electron chi connectivity index (χ0n) is 11.3. The lowest BCUT2D eigenvalue weighted by Gasteiger charge is -2.27. The van der Waals surface area contributed by atoms with Crippen molar-refractivity contribution in [1.29, 1.82) is 5.26 Å². The van der Waals surface area contributed by atoms with Crippen molar-refractivity contribution < 1.29 is 14.2 Å². The normalized spacial score (nSPS) is 11.9. The van der Waals surface area contributed by atoms with Gasteiger partial charge in [-0.25, -0.2) is 4.39 Å². The summed E-state index contributed by atoms with van der Waals surface area (Å²) in [5, 5.41) is 18.4. The van der Waals surface area contributed by atoms with Crippen LogP contribution in [0.4, 0.5) is 10.1 Å². The van der Waals surface area contributed by atoms with Gasteiger partial charge in [-0.1, -0.05) is 0 Å². The van der Waals surface area contributed by atoms with E-state index in [0.717, 1.165) is 5.69 Å². The molecule has 0 radical (unpaired) electrons. The molecule has 1 atom stereocenters. The summed E-state index contributed by atoms with van der Waals surface area (Å²) in [6.45, 7) is 3.20. The Kier molecular flexibility index (Phi) is 6.26. The molecule has 0 spiro atoms. The Labute approximate surface area is 113 Å². The minimum Gasteiger partial charge on any atom is -0.389 e. The smallest absolute Gasteiger partial charge is 0.123 e. The lowest BCUT2D eigenvalue weighted by molar-refractivity contribution is 0.197. The van der Waals surface area contributed by atoms with E-state index in [0.29, 0.717) is 31.7 Å². The van der Waals surface area contributed by atoms with Crippen molar-refractivity contribution >= 4 is 5.69 Å². The summed E-state index contributed by atoms with van der Waals surface area (Å²) in [6.07, 6.45) is -0.404. The van der Waals surface area contributed by atoms with Crippen LogP contribution in [0.15, 0.2) is 18.2 Å². The Morgan fingerprint density at radius 3 is 2.79 bits per heavy atom. The average molecular weight is 266 g/mol. The number of anilines is 1. The van der Waals surface area contributed by atoms with Gasteiger partial charge in [-0.05, 0) is 25.1 Å². The quantitative estimate of drug-likeness (QED) is 0.822. The van der Waals surface area contributed by atoms with Crippen LogP contribution in [0.2, 0.25) is 0 Å². The summed E-state index contributed by atoms with van der Waals surface area (Å²) >= 11 is 0. The number of nitrogens with zero attached hydrogens (tertiary/aromatic N) is 2. The fourth-order valence-corrected chi connectivity index (χ4v) is 1.89. The van der Waals surface area contributed by atoms with Crippen molar-refractivity contribution in [2.75, 3.05) is 31.7 Å². The van der Waals surface area contributed by atoms with Crippen molar-refractivity contribution in [2.45, 2.75) is 19.4 Å². The van der Waals surface area contributed by atoms with Crippen LogP contribution < -0.4 is 4.90 Å². The fourth-order valence-electron chi connectivity index (χ4n) is 1.89. The van der Waals surface area contributed by atoms with Crippen molar-refractivity contribution in [3.8, 4) is 6.07 Å². The Bertz CT molecular complexity index is 444. The maximum absolute atomic E-state index is 13.3. The Morgan fingerprint density at radius 1 is 1.47 bits per heavy atom. The topological polar surface area (TPSA) is 56.5 Å². The van der Waals surface area contributed by atoms with Crippen molar-refractivity contribution in [1.82, 2.24) is 0 Å². The summed E-state index contributed by atoms with van der Waals surface area (Å²) in [7, 11) is 1.60. The molecule has 1 aromatic rings. The second kappa shape index (κ2) is 7.72. The van der Waals surface area contributed by atoms with E-state index in [-0.39, 0.29) is 5.82 Å². The van der Waals surface area contributed by atoms with Crippen molar-refractivity contribution in [3.05, 3.63) is 29.6 Å². The van der Waals surface area contributed by atoms with Crippen LogP contribution in [0.1, 0.15) is 25.0 Å². The van der Waals surface area contributed by atoms with Crippen LogP contribution in [0.5, 0.6) is 0 Å². The summed E-state index contributed by atoms with van der Waals surface area (Å²) in [5.74, 6) is -0.383. The van der Waals surface area contributed by atoms with Gasteiger partial charge < -0.3 is 14.7 Å². The number of rotatable bonds is 7. The molecule has 1 N–H and O–H groups in total. The number of hydrogen-bond donors (Lipinski definition) is 1. The lowest BCUT2D eigenvalue weighted by atomic mass is 10.1. The number of benzene rings is 1. The molecule has 104 valence electrons. The molecule has 0 heterocycles. The van der Waals surface area contributed by atoms with E-state index in [4.69, 9.17) is 10.00 Å². The van der Waals surface area contributed by atoms with E-state index in [2.05, 4.69) is 6.07 Å². The predicted molar refractivity (Wildman–Crippen MR) is 71.4 cm³/mol. The largest absolute Gasteiger partial charge is 0.389 e. The molecule has 0 aliphatic heterocycles. The number of methoxy groups -OCH3 is 1. The van der Waals surface area contributed by atoms with Gasteiger partial charge in [0.15, 0.2) is 0 Å². The summed E-state index contributed by atoms with van der Waals surface area (Å²) in [6, 6.07) is 6.39. The molecule has 1 aromatic carbocycles. The minimum absolute atomic E-state index is 0.361. The lowest BCUT2D eigenvalue weighted by Crippen LogP contribution is -2.29. The molecule has 5 heteroatoms. The number of nitriles is 1. The first-order chi connectivity index (χ1) is 9.10. The molecule has 0 fully saturated rings. The number of aliphatic hydroxyl groups excluding tert-OH is 1. The first-order valence-corrected chi connectivity index (χ1v) is 6.18. The van der Waals surface area contributed by atoms with Crippen LogP contribution in [-0.4, -0.2) is 31.9 Å². The van der Waals surface area contributed by atoms with Gasteiger partial charge in [0.2, 0.25) is 0 Å². The summed E-state index contributed by atoms with van der Waals surface area (Å²) in [4.78, 5) is 1.92. The first kappa shape index (κ1) is 15.4. The van der Waals surface area contributed by atoms with E-state index in [1.54, 1.807) is 20.1 Å². The zero-order chi connectivity index (χ0) is 14.3. The molecule has 0 aromatic heterocycles. The Morgan fingerprint density at radius 2 is 2.21 bits per heavy atom. The first-order valence-electron chi connectivity index (χ1n) is 6.18. The maximum atomic E-state index is 13.3. The SMILES string of the molecule is COCCN(CCC#N)c1ccc(F)cc1[C@H](C)O. The number of ether oxygens (including phenoxy) is 1. The third kappa shape index (κ3) is 4.51. The van der Waals surface area contributed by atoms with Gasteiger partial charge in [-0.2, -0.15) is 5.26 Å². The molecule has 1 rings (SSSR count). The van der Waals surface area contributed by atoms with E-state index in [1.165, 1.54) is 12.1 Å². The molecule has 4 nitrogen and oxygen atoms in total. The molecular formula is C14H19FN2O2. The van der Waals surface area contributed by atoms with E-state index < -0.39 is 6.10 Å². The molecule has 0 saturated heterocycles. The highest BCUT2D eigenvalue weighted by Gasteiger charge is 2.15. The number of halogens is 1. The van der Waals surface area contributed by atoms with Gasteiger partial charge >= 0.3 is 0 Å². The fraction of sp³-hybridized carbons (Fsp3) is 0.500. The molecule has 0 unspecified atom stereocenters. The summed E-state index contributed by atoms with van der Waals surface area (Å²) < 4.78 is 18.3. The third-order valence-corrected chi connectivity index (χ3v) is 2.84. The van der Waals surface area contributed by atoms with Crippen molar-refractivity contribution in [2.24, 2.45) is 0 Å². The Balaban J connectivity index is 3.02. The van der Waals surface area contributed by atoms with Crippen LogP contribution in [0.25, 0.3) is 0 Å². The van der Waals surface area contributed by atoms with Gasteiger partial charge in [-0.3, -0.25) is 0 Å². The average Bonchev–Trinajstić information content (AvgIpc) is 2.39. The molecule has 0 aliphatic carbocycles. The highest BCUT2D eigenvalue weighted by atomic mass is 19.1. The van der Waals surface area contributed by atoms with Gasteiger partial charge in [0.05, 0.1) is 25.2 Å². The van der Waals surface area contributed by atoms with Gasteiger partial charge in [0.1, 0.15) is 5.82 Å². The Hall–Kier alpha value is -1.64. The van der Waals surface area contributed by atoms with Crippen LogP contribution >= 0.6 is 0 Å². The molecule has 19 heavy (non-hydrogen) atoms. The molecular weight excluding hydrogens is 247 g/mol. The zero-order valence-corrected chi connectivity index (χ0v) is 11.3. The van der Waals surface area contributed by atoms with Gasteiger partial charge in [0, 0.05) is 31.5 Å². The maximum Gasteiger partial charge on any atom is 0.123 e.